The number of para-hydroxylation sites is 1. The van der Waals surface area contributed by atoms with Gasteiger partial charge in [-0.1, -0.05) is 19.1 Å². The van der Waals surface area contributed by atoms with E-state index < -0.39 is 5.91 Å². The molecule has 0 aromatic heterocycles. The SMILES string of the molecule is CC1CCCN(C(=O)C(=O)N2CCN(c3ccccc3F)CC2)C1. The molecule has 1 aromatic rings. The number of hydrogen-bond acceptors (Lipinski definition) is 3. The van der Waals surface area contributed by atoms with Gasteiger partial charge in [0.15, 0.2) is 0 Å². The van der Waals surface area contributed by atoms with E-state index in [1.54, 1.807) is 28.0 Å². The lowest BCUT2D eigenvalue weighted by atomic mass is 10.0. The predicted molar refractivity (Wildman–Crippen MR) is 90.2 cm³/mol. The Balaban J connectivity index is 1.57. The first kappa shape index (κ1) is 16.7. The summed E-state index contributed by atoms with van der Waals surface area (Å²) in [6.07, 6.45) is 2.07. The maximum Gasteiger partial charge on any atom is 0.312 e. The van der Waals surface area contributed by atoms with E-state index in [4.69, 9.17) is 0 Å². The highest BCUT2D eigenvalue weighted by molar-refractivity contribution is 6.34. The summed E-state index contributed by atoms with van der Waals surface area (Å²) in [4.78, 5) is 30.1. The fraction of sp³-hybridized carbons (Fsp3) is 0.556. The second kappa shape index (κ2) is 7.20. The van der Waals surface area contributed by atoms with E-state index >= 15 is 0 Å². The van der Waals surface area contributed by atoms with Gasteiger partial charge in [-0.05, 0) is 30.9 Å². The first-order valence-electron chi connectivity index (χ1n) is 8.64. The number of piperazine rings is 1. The number of halogens is 1. The van der Waals surface area contributed by atoms with Crippen molar-refractivity contribution in [1.82, 2.24) is 9.80 Å². The van der Waals surface area contributed by atoms with Crippen LogP contribution in [0, 0.1) is 11.7 Å². The molecule has 130 valence electrons. The average molecular weight is 333 g/mol. The predicted octanol–water partition coefficient (Wildman–Crippen LogP) is 1.73. The molecule has 0 saturated carbocycles. The van der Waals surface area contributed by atoms with Gasteiger partial charge in [0.1, 0.15) is 5.82 Å². The summed E-state index contributed by atoms with van der Waals surface area (Å²) in [5, 5.41) is 0. The zero-order chi connectivity index (χ0) is 17.1. The lowest BCUT2D eigenvalue weighted by Gasteiger charge is -2.37. The standard InChI is InChI=1S/C18H24FN3O2/c1-14-5-4-8-22(13-14)18(24)17(23)21-11-9-20(10-12-21)16-7-3-2-6-15(16)19/h2-3,6-7,14H,4-5,8-13H2,1H3. The molecule has 0 spiro atoms. The Hall–Kier alpha value is -2.11. The van der Waals surface area contributed by atoms with Gasteiger partial charge in [0.05, 0.1) is 5.69 Å². The van der Waals surface area contributed by atoms with Gasteiger partial charge < -0.3 is 14.7 Å². The number of carbonyl (C=O) groups is 2. The Kier molecular flexibility index (Phi) is 5.02. The highest BCUT2D eigenvalue weighted by Gasteiger charge is 2.31. The van der Waals surface area contributed by atoms with Crippen LogP contribution in [-0.2, 0) is 9.59 Å². The van der Waals surface area contributed by atoms with E-state index in [2.05, 4.69) is 6.92 Å². The molecule has 5 nitrogen and oxygen atoms in total. The van der Waals surface area contributed by atoms with E-state index in [0.29, 0.717) is 50.9 Å². The highest BCUT2D eigenvalue weighted by Crippen LogP contribution is 2.21. The maximum absolute atomic E-state index is 13.9. The number of rotatable bonds is 1. The van der Waals surface area contributed by atoms with Crippen molar-refractivity contribution in [2.45, 2.75) is 19.8 Å². The molecule has 2 aliphatic heterocycles. The number of piperidine rings is 1. The Bertz CT molecular complexity index is 614. The number of carbonyl (C=O) groups excluding carboxylic acids is 2. The molecule has 0 aliphatic carbocycles. The Labute approximate surface area is 142 Å². The minimum absolute atomic E-state index is 0.254. The zero-order valence-electron chi connectivity index (χ0n) is 14.1. The van der Waals surface area contributed by atoms with E-state index in [0.717, 1.165) is 12.8 Å². The summed E-state index contributed by atoms with van der Waals surface area (Å²) in [5.41, 5.74) is 0.556. The van der Waals surface area contributed by atoms with Crippen molar-refractivity contribution in [1.29, 1.82) is 0 Å². The number of amides is 2. The minimum atomic E-state index is -0.419. The van der Waals surface area contributed by atoms with E-state index in [9.17, 15) is 14.0 Å². The Morgan fingerprint density at radius 3 is 2.33 bits per heavy atom. The smallest absolute Gasteiger partial charge is 0.312 e. The van der Waals surface area contributed by atoms with Crippen LogP contribution in [-0.4, -0.2) is 60.9 Å². The fourth-order valence-corrected chi connectivity index (χ4v) is 3.50. The Morgan fingerprint density at radius 2 is 1.67 bits per heavy atom. The van der Waals surface area contributed by atoms with Crippen LogP contribution in [0.5, 0.6) is 0 Å². The number of nitrogens with zero attached hydrogens (tertiary/aromatic N) is 3. The number of benzene rings is 1. The summed E-state index contributed by atoms with van der Waals surface area (Å²) >= 11 is 0. The van der Waals surface area contributed by atoms with Crippen LogP contribution >= 0.6 is 0 Å². The number of likely N-dealkylation sites (tertiary alicyclic amines) is 1. The third kappa shape index (κ3) is 3.52. The molecule has 2 saturated heterocycles. The van der Waals surface area contributed by atoms with Crippen molar-refractivity contribution in [3.8, 4) is 0 Å². The maximum atomic E-state index is 13.9. The van der Waals surface area contributed by atoms with Crippen LogP contribution in [0.25, 0.3) is 0 Å². The van der Waals surface area contributed by atoms with Gasteiger partial charge >= 0.3 is 11.8 Å². The molecule has 2 heterocycles. The fourth-order valence-electron chi connectivity index (χ4n) is 3.50. The van der Waals surface area contributed by atoms with Crippen molar-refractivity contribution < 1.29 is 14.0 Å². The van der Waals surface area contributed by atoms with Gasteiger partial charge in [0.25, 0.3) is 0 Å². The summed E-state index contributed by atoms with van der Waals surface area (Å²) in [6.45, 7) is 5.41. The number of anilines is 1. The van der Waals surface area contributed by atoms with Crippen molar-refractivity contribution in [3.63, 3.8) is 0 Å². The molecule has 6 heteroatoms. The lowest BCUT2D eigenvalue weighted by molar-refractivity contribution is -0.153. The third-order valence-corrected chi connectivity index (χ3v) is 4.89. The molecule has 1 atom stereocenters. The molecule has 1 unspecified atom stereocenters. The molecule has 0 N–H and O–H groups in total. The zero-order valence-corrected chi connectivity index (χ0v) is 14.1. The topological polar surface area (TPSA) is 43.9 Å². The van der Waals surface area contributed by atoms with Crippen molar-refractivity contribution in [2.24, 2.45) is 5.92 Å². The first-order valence-corrected chi connectivity index (χ1v) is 8.64. The monoisotopic (exact) mass is 333 g/mol. The van der Waals surface area contributed by atoms with Gasteiger partial charge in [-0.2, -0.15) is 0 Å². The largest absolute Gasteiger partial charge is 0.366 e. The summed E-state index contributed by atoms with van der Waals surface area (Å²) in [5.74, 6) is -0.609. The van der Waals surface area contributed by atoms with Crippen LogP contribution in [0.1, 0.15) is 19.8 Å². The molecule has 24 heavy (non-hydrogen) atoms. The molecule has 0 radical (unpaired) electrons. The first-order chi connectivity index (χ1) is 11.6. The normalized spacial score (nSPS) is 21.8. The molecule has 1 aromatic carbocycles. The van der Waals surface area contributed by atoms with Crippen LogP contribution in [0.4, 0.5) is 10.1 Å². The van der Waals surface area contributed by atoms with Crippen LogP contribution in [0.2, 0.25) is 0 Å². The Morgan fingerprint density at radius 1 is 1.00 bits per heavy atom. The second-order valence-electron chi connectivity index (χ2n) is 6.73. The van der Waals surface area contributed by atoms with E-state index in [-0.39, 0.29) is 11.7 Å². The van der Waals surface area contributed by atoms with Gasteiger partial charge in [0.2, 0.25) is 0 Å². The molecule has 2 aliphatic rings. The molecule has 2 amide bonds. The molecular weight excluding hydrogens is 309 g/mol. The lowest BCUT2D eigenvalue weighted by Crippen LogP contribution is -2.54. The number of hydrogen-bond donors (Lipinski definition) is 0. The van der Waals surface area contributed by atoms with Crippen molar-refractivity contribution in [2.75, 3.05) is 44.2 Å². The van der Waals surface area contributed by atoms with Gasteiger partial charge in [-0.3, -0.25) is 9.59 Å². The average Bonchev–Trinajstić information content (AvgIpc) is 2.61. The van der Waals surface area contributed by atoms with Crippen LogP contribution < -0.4 is 4.90 Å². The summed E-state index contributed by atoms with van der Waals surface area (Å²) < 4.78 is 13.9. The quantitative estimate of drug-likeness (QED) is 0.735. The summed E-state index contributed by atoms with van der Waals surface area (Å²) in [6, 6.07) is 6.65. The van der Waals surface area contributed by atoms with Gasteiger partial charge in [0, 0.05) is 39.3 Å². The third-order valence-electron chi connectivity index (χ3n) is 4.89. The van der Waals surface area contributed by atoms with Crippen LogP contribution in [0.3, 0.4) is 0 Å². The van der Waals surface area contributed by atoms with Crippen molar-refractivity contribution in [3.05, 3.63) is 30.1 Å². The molecule has 3 rings (SSSR count). The van der Waals surface area contributed by atoms with Gasteiger partial charge in [-0.15, -0.1) is 0 Å². The van der Waals surface area contributed by atoms with Gasteiger partial charge in [-0.25, -0.2) is 4.39 Å². The summed E-state index contributed by atoms with van der Waals surface area (Å²) in [7, 11) is 0. The highest BCUT2D eigenvalue weighted by atomic mass is 19.1. The second-order valence-corrected chi connectivity index (χ2v) is 6.73. The van der Waals surface area contributed by atoms with E-state index in [1.165, 1.54) is 6.07 Å². The molecule has 0 bridgehead atoms. The molecular formula is C18H24FN3O2. The van der Waals surface area contributed by atoms with E-state index in [1.807, 2.05) is 4.90 Å². The minimum Gasteiger partial charge on any atom is -0.366 e. The van der Waals surface area contributed by atoms with Crippen LogP contribution in [0.15, 0.2) is 24.3 Å². The van der Waals surface area contributed by atoms with Crippen molar-refractivity contribution >= 4 is 17.5 Å². The molecule has 2 fully saturated rings.